The maximum Gasteiger partial charge on any atom is 0.251 e. The largest absolute Gasteiger partial charge is 0.496 e. The van der Waals surface area contributed by atoms with E-state index in [2.05, 4.69) is 17.4 Å². The second-order valence-corrected chi connectivity index (χ2v) is 8.62. The highest BCUT2D eigenvalue weighted by Crippen LogP contribution is 2.31. The molecule has 4 aromatic rings. The predicted molar refractivity (Wildman–Crippen MR) is 145 cm³/mol. The molecule has 1 heterocycles. The van der Waals surface area contributed by atoms with Crippen molar-refractivity contribution in [2.45, 2.75) is 13.1 Å². The van der Waals surface area contributed by atoms with Gasteiger partial charge in [-0.25, -0.2) is 0 Å². The molecule has 37 heavy (non-hydrogen) atoms. The molecule has 0 spiro atoms. The number of rotatable bonds is 9. The van der Waals surface area contributed by atoms with Crippen LogP contribution in [-0.2, 0) is 17.9 Å². The number of aromatic nitrogens is 2. The van der Waals surface area contributed by atoms with E-state index in [1.807, 2.05) is 65.5 Å². The van der Waals surface area contributed by atoms with Crippen molar-refractivity contribution in [1.82, 2.24) is 20.0 Å². The second-order valence-electron chi connectivity index (χ2n) is 8.62. The minimum Gasteiger partial charge on any atom is -0.496 e. The van der Waals surface area contributed by atoms with Crippen LogP contribution in [0, 0.1) is 0 Å². The van der Waals surface area contributed by atoms with Crippen LogP contribution < -0.4 is 10.1 Å². The first-order valence-electron chi connectivity index (χ1n) is 12.0. The van der Waals surface area contributed by atoms with Crippen molar-refractivity contribution in [3.05, 3.63) is 113 Å². The molecule has 0 fully saturated rings. The first-order chi connectivity index (χ1) is 18.0. The Hall–Kier alpha value is -4.65. The minimum atomic E-state index is -0.142. The Morgan fingerprint density at radius 3 is 2.38 bits per heavy atom. The summed E-state index contributed by atoms with van der Waals surface area (Å²) in [6.07, 6.45) is 5.29. The van der Waals surface area contributed by atoms with E-state index in [9.17, 15) is 9.59 Å². The second kappa shape index (κ2) is 11.9. The van der Waals surface area contributed by atoms with Crippen LogP contribution in [0.15, 0.2) is 91.1 Å². The van der Waals surface area contributed by atoms with Gasteiger partial charge in [0.2, 0.25) is 5.91 Å². The van der Waals surface area contributed by atoms with Gasteiger partial charge in [-0.05, 0) is 41.5 Å². The van der Waals surface area contributed by atoms with Crippen LogP contribution in [0.2, 0.25) is 0 Å². The van der Waals surface area contributed by atoms with Gasteiger partial charge in [-0.1, -0.05) is 54.6 Å². The lowest BCUT2D eigenvalue weighted by Crippen LogP contribution is -2.24. The first kappa shape index (κ1) is 25.4. The van der Waals surface area contributed by atoms with Crippen molar-refractivity contribution in [3.8, 4) is 17.0 Å². The minimum absolute atomic E-state index is 0.141. The third-order valence-electron chi connectivity index (χ3n) is 5.98. The number of carbonyl (C=O) groups is 2. The van der Waals surface area contributed by atoms with E-state index in [-0.39, 0.29) is 11.8 Å². The maximum atomic E-state index is 12.9. The summed E-state index contributed by atoms with van der Waals surface area (Å²) in [6.45, 7) is 1.03. The summed E-state index contributed by atoms with van der Waals surface area (Å²) < 4.78 is 7.44. The van der Waals surface area contributed by atoms with Gasteiger partial charge in [-0.2, -0.15) is 5.10 Å². The molecule has 0 aliphatic carbocycles. The van der Waals surface area contributed by atoms with E-state index in [4.69, 9.17) is 9.84 Å². The van der Waals surface area contributed by atoms with Crippen molar-refractivity contribution in [1.29, 1.82) is 0 Å². The zero-order valence-electron chi connectivity index (χ0n) is 21.2. The molecule has 0 aliphatic heterocycles. The fourth-order valence-corrected chi connectivity index (χ4v) is 4.01. The van der Waals surface area contributed by atoms with E-state index in [1.54, 1.807) is 50.4 Å². The van der Waals surface area contributed by atoms with Crippen LogP contribution in [0.4, 0.5) is 0 Å². The molecule has 188 valence electrons. The monoisotopic (exact) mass is 494 g/mol. The number of likely N-dealkylation sites (N-methyl/N-ethyl adjacent to an activating group) is 1. The Kier molecular flexibility index (Phi) is 8.15. The molecule has 0 atom stereocenters. The highest BCUT2D eigenvalue weighted by atomic mass is 16.5. The van der Waals surface area contributed by atoms with Gasteiger partial charge in [0.1, 0.15) is 11.4 Å². The molecule has 2 amide bonds. The zero-order valence-corrected chi connectivity index (χ0v) is 21.2. The standard InChI is InChI=1S/C30H30N4O3/c1-31-30(36)24-15-13-23(14-16-24)19-33(2)28(35)18-17-25-21-34(20-22-9-5-4-6-10-22)32-29(25)26-11-7-8-12-27(26)37-3/h4-18,21H,19-20H2,1-3H3,(H,31,36). The lowest BCUT2D eigenvalue weighted by Gasteiger charge is -2.15. The highest BCUT2D eigenvalue weighted by Gasteiger charge is 2.15. The summed E-state index contributed by atoms with van der Waals surface area (Å²) >= 11 is 0. The summed E-state index contributed by atoms with van der Waals surface area (Å²) in [6, 6.07) is 25.0. The average molecular weight is 495 g/mol. The van der Waals surface area contributed by atoms with Crippen LogP contribution in [0.1, 0.15) is 27.0 Å². The lowest BCUT2D eigenvalue weighted by atomic mass is 10.1. The fraction of sp³-hybridized carbons (Fsp3) is 0.167. The molecule has 1 N–H and O–H groups in total. The van der Waals surface area contributed by atoms with Gasteiger partial charge in [-0.15, -0.1) is 0 Å². The number of nitrogens with one attached hydrogen (secondary N) is 1. The van der Waals surface area contributed by atoms with Crippen LogP contribution in [0.5, 0.6) is 5.75 Å². The Balaban J connectivity index is 1.55. The SMILES string of the molecule is CNC(=O)c1ccc(CN(C)C(=O)C=Cc2cn(Cc3ccccc3)nc2-c2ccccc2OC)cc1. The van der Waals surface area contributed by atoms with Crippen molar-refractivity contribution < 1.29 is 14.3 Å². The normalized spacial score (nSPS) is 10.9. The molecule has 0 aliphatic rings. The number of hydrogen-bond acceptors (Lipinski definition) is 4. The quantitative estimate of drug-likeness (QED) is 0.344. The van der Waals surface area contributed by atoms with E-state index in [1.165, 1.54) is 0 Å². The Morgan fingerprint density at radius 1 is 0.973 bits per heavy atom. The van der Waals surface area contributed by atoms with Crippen LogP contribution >= 0.6 is 0 Å². The van der Waals surface area contributed by atoms with E-state index in [0.717, 1.165) is 27.9 Å². The van der Waals surface area contributed by atoms with Crippen molar-refractivity contribution in [2.24, 2.45) is 0 Å². The number of carbonyl (C=O) groups excluding carboxylic acids is 2. The summed E-state index contributed by atoms with van der Waals surface area (Å²) in [5.41, 5.74) is 5.06. The molecule has 1 aromatic heterocycles. The predicted octanol–water partition coefficient (Wildman–Crippen LogP) is 4.64. The fourth-order valence-electron chi connectivity index (χ4n) is 4.01. The van der Waals surface area contributed by atoms with Gasteiger partial charge >= 0.3 is 0 Å². The molecule has 4 rings (SSSR count). The molecule has 3 aromatic carbocycles. The molecule has 0 saturated heterocycles. The Labute approximate surface area is 217 Å². The summed E-state index contributed by atoms with van der Waals surface area (Å²) in [5.74, 6) is 0.431. The van der Waals surface area contributed by atoms with Crippen LogP contribution in [0.25, 0.3) is 17.3 Å². The maximum absolute atomic E-state index is 12.9. The summed E-state index contributed by atoms with van der Waals surface area (Å²) in [5, 5.41) is 7.44. The summed E-state index contributed by atoms with van der Waals surface area (Å²) in [7, 11) is 4.98. The van der Waals surface area contributed by atoms with E-state index >= 15 is 0 Å². The number of hydrogen-bond donors (Lipinski definition) is 1. The summed E-state index contributed by atoms with van der Waals surface area (Å²) in [4.78, 5) is 26.3. The highest BCUT2D eigenvalue weighted by molar-refractivity contribution is 5.94. The van der Waals surface area contributed by atoms with Crippen LogP contribution in [-0.4, -0.2) is 47.7 Å². The number of para-hydroxylation sites is 1. The van der Waals surface area contributed by atoms with Crippen LogP contribution in [0.3, 0.4) is 0 Å². The average Bonchev–Trinajstić information content (AvgIpc) is 3.34. The number of methoxy groups -OCH3 is 1. The van der Waals surface area contributed by atoms with Gasteiger partial charge in [0, 0.05) is 49.6 Å². The molecule has 0 saturated carbocycles. The Morgan fingerprint density at radius 2 is 1.68 bits per heavy atom. The molecule has 0 bridgehead atoms. The van der Waals surface area contributed by atoms with Gasteiger partial charge in [0.25, 0.3) is 5.91 Å². The van der Waals surface area contributed by atoms with Crippen molar-refractivity contribution in [2.75, 3.05) is 21.2 Å². The van der Waals surface area contributed by atoms with Gasteiger partial charge in [0.15, 0.2) is 0 Å². The van der Waals surface area contributed by atoms with E-state index in [0.29, 0.717) is 24.4 Å². The molecule has 0 radical (unpaired) electrons. The van der Waals surface area contributed by atoms with Gasteiger partial charge in [0.05, 0.1) is 13.7 Å². The third kappa shape index (κ3) is 6.32. The molecule has 7 heteroatoms. The third-order valence-corrected chi connectivity index (χ3v) is 5.98. The molecular formula is C30H30N4O3. The zero-order chi connectivity index (χ0) is 26.2. The smallest absolute Gasteiger partial charge is 0.251 e. The Bertz CT molecular complexity index is 1390. The molecular weight excluding hydrogens is 464 g/mol. The number of nitrogens with zero attached hydrogens (tertiary/aromatic N) is 3. The number of amides is 2. The van der Waals surface area contributed by atoms with Gasteiger partial charge < -0.3 is 15.0 Å². The lowest BCUT2D eigenvalue weighted by molar-refractivity contribution is -0.125. The molecule has 0 unspecified atom stereocenters. The van der Waals surface area contributed by atoms with Gasteiger partial charge in [-0.3, -0.25) is 14.3 Å². The van der Waals surface area contributed by atoms with E-state index < -0.39 is 0 Å². The molecule has 7 nitrogen and oxygen atoms in total. The number of benzene rings is 3. The number of ether oxygens (including phenoxy) is 1. The van der Waals surface area contributed by atoms with Crippen molar-refractivity contribution >= 4 is 17.9 Å². The first-order valence-corrected chi connectivity index (χ1v) is 12.0. The van der Waals surface area contributed by atoms with Crippen molar-refractivity contribution in [3.63, 3.8) is 0 Å². The topological polar surface area (TPSA) is 76.5 Å².